The molecular weight excluding hydrogens is 447 g/mol. The minimum absolute atomic E-state index is 0.114. The Balaban J connectivity index is 1.38. The van der Waals surface area contributed by atoms with Crippen LogP contribution in [0, 0.1) is 5.82 Å². The van der Waals surface area contributed by atoms with Gasteiger partial charge in [-0.1, -0.05) is 60.7 Å². The lowest BCUT2D eigenvalue weighted by molar-refractivity contribution is -0.140. The Kier molecular flexibility index (Phi) is 6.26. The van der Waals surface area contributed by atoms with Crippen LogP contribution < -0.4 is 10.1 Å². The predicted octanol–water partition coefficient (Wildman–Crippen LogP) is 5.03. The van der Waals surface area contributed by atoms with E-state index in [1.807, 2.05) is 49.4 Å². The van der Waals surface area contributed by atoms with Crippen LogP contribution in [0.15, 0.2) is 96.5 Å². The minimum Gasteiger partial charge on any atom is -0.489 e. The van der Waals surface area contributed by atoms with Crippen molar-refractivity contribution >= 4 is 11.9 Å². The zero-order valence-electron chi connectivity index (χ0n) is 19.0. The van der Waals surface area contributed by atoms with Gasteiger partial charge in [0.05, 0.1) is 5.57 Å². The van der Waals surface area contributed by atoms with E-state index in [0.717, 1.165) is 11.1 Å². The number of hydrogen-bond acceptors (Lipinski definition) is 6. The Morgan fingerprint density at radius 2 is 1.74 bits per heavy atom. The molecule has 0 fully saturated rings. The maximum absolute atomic E-state index is 13.9. The first-order chi connectivity index (χ1) is 17.1. The van der Waals surface area contributed by atoms with Gasteiger partial charge in [0.15, 0.2) is 0 Å². The maximum Gasteiger partial charge on any atom is 0.338 e. The Morgan fingerprint density at radius 1 is 1.00 bits per heavy atom. The highest BCUT2D eigenvalue weighted by molar-refractivity contribution is 5.92. The van der Waals surface area contributed by atoms with Gasteiger partial charge in [-0.25, -0.2) is 13.9 Å². The van der Waals surface area contributed by atoms with E-state index in [1.54, 1.807) is 35.0 Å². The van der Waals surface area contributed by atoms with Crippen LogP contribution >= 0.6 is 0 Å². The van der Waals surface area contributed by atoms with Gasteiger partial charge in [-0.2, -0.15) is 10.1 Å². The van der Waals surface area contributed by atoms with Crippen LogP contribution in [0.5, 0.6) is 5.75 Å². The molecule has 0 spiro atoms. The molecule has 5 rings (SSSR count). The molecule has 0 radical (unpaired) electrons. The standard InChI is InChI=1S/C27H23FN4O3/c1-18-24(26(33)35-15-19-7-3-2-4-8-19)25(32-27(31-18)29-17-30-32)20-11-13-22(14-12-20)34-16-21-9-5-6-10-23(21)28/h2-14,17,25H,15-16H2,1H3,(H,29,30,31). The molecule has 7 nitrogen and oxygen atoms in total. The van der Waals surface area contributed by atoms with Crippen LogP contribution in [0.1, 0.15) is 29.7 Å². The van der Waals surface area contributed by atoms with Crippen LogP contribution in [0.3, 0.4) is 0 Å². The highest BCUT2D eigenvalue weighted by Gasteiger charge is 2.34. The number of esters is 1. The van der Waals surface area contributed by atoms with Crippen molar-refractivity contribution < 1.29 is 18.7 Å². The van der Waals surface area contributed by atoms with Crippen LogP contribution in [0.4, 0.5) is 10.3 Å². The number of aromatic nitrogens is 3. The maximum atomic E-state index is 13.9. The molecular formula is C27H23FN4O3. The van der Waals surface area contributed by atoms with Gasteiger partial charge in [0.1, 0.15) is 37.1 Å². The molecule has 0 saturated heterocycles. The monoisotopic (exact) mass is 470 g/mol. The van der Waals surface area contributed by atoms with E-state index in [1.165, 1.54) is 12.4 Å². The molecule has 1 N–H and O–H groups in total. The number of ether oxygens (including phenoxy) is 2. The predicted molar refractivity (Wildman–Crippen MR) is 128 cm³/mol. The van der Waals surface area contributed by atoms with Crippen LogP contribution in [0.25, 0.3) is 0 Å². The lowest BCUT2D eigenvalue weighted by atomic mass is 9.95. The second-order valence-corrected chi connectivity index (χ2v) is 8.11. The van der Waals surface area contributed by atoms with E-state index in [2.05, 4.69) is 15.4 Å². The summed E-state index contributed by atoms with van der Waals surface area (Å²) < 4.78 is 26.9. The zero-order valence-corrected chi connectivity index (χ0v) is 19.0. The number of fused-ring (bicyclic) bond motifs is 1. The first-order valence-electron chi connectivity index (χ1n) is 11.1. The summed E-state index contributed by atoms with van der Waals surface area (Å²) in [6.45, 7) is 2.09. The fourth-order valence-electron chi connectivity index (χ4n) is 3.99. The fourth-order valence-corrected chi connectivity index (χ4v) is 3.99. The molecule has 4 aromatic rings. The van der Waals surface area contributed by atoms with Gasteiger partial charge >= 0.3 is 5.97 Å². The van der Waals surface area contributed by atoms with Gasteiger partial charge in [-0.05, 0) is 36.2 Å². The van der Waals surface area contributed by atoms with Gasteiger partial charge in [0.2, 0.25) is 5.95 Å². The largest absolute Gasteiger partial charge is 0.489 e. The van der Waals surface area contributed by atoms with Crippen molar-refractivity contribution in [2.45, 2.75) is 26.2 Å². The molecule has 35 heavy (non-hydrogen) atoms. The lowest BCUT2D eigenvalue weighted by Crippen LogP contribution is -2.29. The van der Waals surface area contributed by atoms with Crippen LogP contribution in [0.2, 0.25) is 0 Å². The average molecular weight is 471 g/mol. The van der Waals surface area contributed by atoms with Crippen LogP contribution in [-0.2, 0) is 22.7 Å². The molecule has 1 atom stereocenters. The highest BCUT2D eigenvalue weighted by Crippen LogP contribution is 2.36. The third kappa shape index (κ3) is 4.77. The molecule has 3 aromatic carbocycles. The van der Waals surface area contributed by atoms with E-state index in [4.69, 9.17) is 9.47 Å². The number of nitrogens with zero attached hydrogens (tertiary/aromatic N) is 3. The van der Waals surface area contributed by atoms with Crippen LogP contribution in [-0.4, -0.2) is 20.7 Å². The second-order valence-electron chi connectivity index (χ2n) is 8.11. The van der Waals surface area contributed by atoms with Gasteiger partial charge in [-0.3, -0.25) is 0 Å². The summed E-state index contributed by atoms with van der Waals surface area (Å²) in [5.74, 6) is 0.368. The molecule has 1 aromatic heterocycles. The number of rotatable bonds is 7. The number of hydrogen-bond donors (Lipinski definition) is 1. The Hall–Kier alpha value is -4.46. The summed E-state index contributed by atoms with van der Waals surface area (Å²) in [4.78, 5) is 17.5. The molecule has 0 bridgehead atoms. The Morgan fingerprint density at radius 3 is 2.51 bits per heavy atom. The van der Waals surface area contributed by atoms with E-state index in [-0.39, 0.29) is 19.0 Å². The number of carbonyl (C=O) groups excluding carboxylic acids is 1. The van der Waals surface area contributed by atoms with Crippen molar-refractivity contribution in [1.29, 1.82) is 0 Å². The van der Waals surface area contributed by atoms with Gasteiger partial charge in [0.25, 0.3) is 0 Å². The van der Waals surface area contributed by atoms with E-state index in [9.17, 15) is 9.18 Å². The Bertz CT molecular complexity index is 1370. The van der Waals surface area contributed by atoms with Crippen molar-refractivity contribution in [1.82, 2.24) is 14.8 Å². The van der Waals surface area contributed by atoms with Gasteiger partial charge in [0, 0.05) is 11.3 Å². The third-order valence-corrected chi connectivity index (χ3v) is 5.78. The van der Waals surface area contributed by atoms with E-state index >= 15 is 0 Å². The first kappa shape index (κ1) is 22.3. The molecule has 1 unspecified atom stereocenters. The summed E-state index contributed by atoms with van der Waals surface area (Å²) in [5, 5.41) is 7.47. The van der Waals surface area contributed by atoms with E-state index < -0.39 is 12.0 Å². The Labute approximate surface area is 201 Å². The number of carbonyl (C=O) groups is 1. The summed E-state index contributed by atoms with van der Waals surface area (Å²) in [6.07, 6.45) is 1.44. The molecule has 0 aliphatic carbocycles. The fraction of sp³-hybridized carbons (Fsp3) is 0.148. The molecule has 0 amide bonds. The summed E-state index contributed by atoms with van der Waals surface area (Å²) in [6, 6.07) is 22.8. The minimum atomic E-state index is -0.530. The number of benzene rings is 3. The lowest BCUT2D eigenvalue weighted by Gasteiger charge is -2.28. The number of anilines is 1. The number of nitrogens with one attached hydrogen (secondary N) is 1. The van der Waals surface area contributed by atoms with E-state index in [0.29, 0.717) is 28.5 Å². The molecule has 1 aliphatic heterocycles. The highest BCUT2D eigenvalue weighted by atomic mass is 19.1. The number of halogens is 1. The second kappa shape index (κ2) is 9.80. The topological polar surface area (TPSA) is 78.3 Å². The van der Waals surface area contributed by atoms with Crippen molar-refractivity contribution in [2.24, 2.45) is 0 Å². The summed E-state index contributed by atoms with van der Waals surface area (Å²) in [5.41, 5.74) is 3.27. The van der Waals surface area contributed by atoms with Crippen molar-refractivity contribution in [3.8, 4) is 5.75 Å². The summed E-state index contributed by atoms with van der Waals surface area (Å²) in [7, 11) is 0. The quantitative estimate of drug-likeness (QED) is 0.382. The third-order valence-electron chi connectivity index (χ3n) is 5.78. The summed E-state index contributed by atoms with van der Waals surface area (Å²) >= 11 is 0. The smallest absolute Gasteiger partial charge is 0.338 e. The zero-order chi connectivity index (χ0) is 24.2. The first-order valence-corrected chi connectivity index (χ1v) is 11.1. The molecule has 8 heteroatoms. The number of allylic oxidation sites excluding steroid dienone is 1. The normalized spacial score (nSPS) is 14.7. The van der Waals surface area contributed by atoms with Gasteiger partial charge in [-0.15, -0.1) is 0 Å². The van der Waals surface area contributed by atoms with Gasteiger partial charge < -0.3 is 14.8 Å². The molecule has 2 heterocycles. The van der Waals surface area contributed by atoms with Crippen molar-refractivity contribution in [3.05, 3.63) is 119 Å². The molecule has 0 saturated carbocycles. The van der Waals surface area contributed by atoms with Crippen molar-refractivity contribution in [3.63, 3.8) is 0 Å². The SMILES string of the molecule is CC1=C(C(=O)OCc2ccccc2)C(c2ccc(OCc3ccccc3F)cc2)n2ncnc2N1. The average Bonchev–Trinajstić information content (AvgIpc) is 3.35. The molecule has 176 valence electrons. The molecule has 1 aliphatic rings. The van der Waals surface area contributed by atoms with Crippen molar-refractivity contribution in [2.75, 3.05) is 5.32 Å².